The number of aromatic amines is 1. The van der Waals surface area contributed by atoms with Crippen molar-refractivity contribution >= 4 is 11.7 Å². The maximum atomic E-state index is 12.3. The van der Waals surface area contributed by atoms with E-state index in [1.165, 1.54) is 0 Å². The normalized spacial score (nSPS) is 18.8. The molecule has 2 aromatic rings. The van der Waals surface area contributed by atoms with E-state index in [0.717, 1.165) is 5.56 Å². The number of carbonyl (C=O) groups is 1. The van der Waals surface area contributed by atoms with Crippen LogP contribution in [-0.2, 0) is 4.79 Å². The number of benzene rings is 1. The fourth-order valence-electron chi connectivity index (χ4n) is 2.90. The minimum absolute atomic E-state index is 0.160. The minimum Gasteiger partial charge on any atom is -0.454 e. The van der Waals surface area contributed by atoms with E-state index in [-0.39, 0.29) is 30.6 Å². The van der Waals surface area contributed by atoms with Crippen LogP contribution >= 0.6 is 0 Å². The molecule has 1 aromatic carbocycles. The highest BCUT2D eigenvalue weighted by Gasteiger charge is 2.31. The maximum absolute atomic E-state index is 12.3. The Bertz CT molecular complexity index is 843. The molecule has 1 atom stereocenters. The summed E-state index contributed by atoms with van der Waals surface area (Å²) in [6.45, 7) is 1.86. The van der Waals surface area contributed by atoms with Gasteiger partial charge in [-0.1, -0.05) is 6.07 Å². The van der Waals surface area contributed by atoms with Gasteiger partial charge in [0.15, 0.2) is 11.5 Å². The fourth-order valence-corrected chi connectivity index (χ4v) is 2.90. The third-order valence-electron chi connectivity index (χ3n) is 3.87. The molecule has 0 radical (unpaired) electrons. The molecule has 0 fully saturated rings. The quantitative estimate of drug-likeness (QED) is 0.827. The Hall–Kier alpha value is -2.83. The first-order valence-electron chi connectivity index (χ1n) is 6.92. The lowest BCUT2D eigenvalue weighted by molar-refractivity contribution is -0.116. The molecule has 22 heavy (non-hydrogen) atoms. The van der Waals surface area contributed by atoms with Crippen LogP contribution in [0.4, 0.5) is 5.82 Å². The summed E-state index contributed by atoms with van der Waals surface area (Å²) in [4.78, 5) is 31.2. The van der Waals surface area contributed by atoms with E-state index in [0.29, 0.717) is 28.7 Å². The van der Waals surface area contributed by atoms with Gasteiger partial charge in [-0.25, -0.2) is 4.98 Å². The molecule has 0 unspecified atom stereocenters. The van der Waals surface area contributed by atoms with Crippen molar-refractivity contribution in [3.05, 3.63) is 45.5 Å². The monoisotopic (exact) mass is 299 g/mol. The standard InChI is InChI=1S/C15H13N3O4/c1-7-16-14-13(15(20)17-7)9(5-12(19)18-14)8-2-3-10-11(4-8)22-6-21-10/h2-4,9H,5-6H2,1H3,(H2,16,17,18,19,20)/t9-/m0/s1. The van der Waals surface area contributed by atoms with Gasteiger partial charge in [-0.2, -0.15) is 0 Å². The SMILES string of the molecule is Cc1nc2c(c(=O)[nH]1)[C@H](c1ccc3c(c1)OCO3)CC(=O)N2. The van der Waals surface area contributed by atoms with Gasteiger partial charge >= 0.3 is 0 Å². The van der Waals surface area contributed by atoms with Crippen LogP contribution in [-0.4, -0.2) is 22.7 Å². The van der Waals surface area contributed by atoms with Crippen LogP contribution in [0.25, 0.3) is 0 Å². The van der Waals surface area contributed by atoms with Crippen molar-refractivity contribution in [2.45, 2.75) is 19.3 Å². The van der Waals surface area contributed by atoms with E-state index in [9.17, 15) is 9.59 Å². The number of ether oxygens (including phenoxy) is 2. The maximum Gasteiger partial charge on any atom is 0.256 e. The number of nitrogens with zero attached hydrogens (tertiary/aromatic N) is 1. The van der Waals surface area contributed by atoms with Crippen LogP contribution in [0.2, 0.25) is 0 Å². The number of fused-ring (bicyclic) bond motifs is 2. The summed E-state index contributed by atoms with van der Waals surface area (Å²) in [7, 11) is 0. The largest absolute Gasteiger partial charge is 0.454 e. The smallest absolute Gasteiger partial charge is 0.256 e. The van der Waals surface area contributed by atoms with Crippen molar-refractivity contribution in [2.24, 2.45) is 0 Å². The summed E-state index contributed by atoms with van der Waals surface area (Å²) in [6, 6.07) is 5.45. The van der Waals surface area contributed by atoms with Crippen molar-refractivity contribution in [2.75, 3.05) is 12.1 Å². The summed E-state index contributed by atoms with van der Waals surface area (Å²) in [5.41, 5.74) is 1.07. The molecule has 0 bridgehead atoms. The first-order valence-corrected chi connectivity index (χ1v) is 6.92. The number of hydrogen-bond donors (Lipinski definition) is 2. The Morgan fingerprint density at radius 1 is 1.23 bits per heavy atom. The van der Waals surface area contributed by atoms with Crippen molar-refractivity contribution in [3.63, 3.8) is 0 Å². The van der Waals surface area contributed by atoms with E-state index in [1.807, 2.05) is 12.1 Å². The van der Waals surface area contributed by atoms with Gasteiger partial charge < -0.3 is 19.8 Å². The lowest BCUT2D eigenvalue weighted by Gasteiger charge is -2.24. The lowest BCUT2D eigenvalue weighted by atomic mass is 9.86. The average molecular weight is 299 g/mol. The molecule has 2 N–H and O–H groups in total. The molecule has 0 aliphatic carbocycles. The van der Waals surface area contributed by atoms with E-state index < -0.39 is 0 Å². The lowest BCUT2D eigenvalue weighted by Crippen LogP contribution is -2.31. The van der Waals surface area contributed by atoms with Crippen molar-refractivity contribution in [1.82, 2.24) is 9.97 Å². The number of rotatable bonds is 1. The number of aromatic nitrogens is 2. The highest BCUT2D eigenvalue weighted by atomic mass is 16.7. The molecular formula is C15H13N3O4. The number of carbonyl (C=O) groups excluding carboxylic acids is 1. The van der Waals surface area contributed by atoms with E-state index in [4.69, 9.17) is 9.47 Å². The molecule has 0 saturated heterocycles. The zero-order chi connectivity index (χ0) is 15.3. The molecule has 7 nitrogen and oxygen atoms in total. The summed E-state index contributed by atoms with van der Waals surface area (Å²) >= 11 is 0. The van der Waals surface area contributed by atoms with Crippen LogP contribution in [0.5, 0.6) is 11.5 Å². The van der Waals surface area contributed by atoms with Gasteiger partial charge in [0.2, 0.25) is 12.7 Å². The van der Waals surface area contributed by atoms with Gasteiger partial charge in [0.25, 0.3) is 5.56 Å². The molecule has 0 saturated carbocycles. The Morgan fingerprint density at radius 2 is 2.05 bits per heavy atom. The van der Waals surface area contributed by atoms with E-state index in [1.54, 1.807) is 13.0 Å². The van der Waals surface area contributed by atoms with Crippen LogP contribution in [0.3, 0.4) is 0 Å². The first kappa shape index (κ1) is 12.9. The van der Waals surface area contributed by atoms with Gasteiger partial charge in [0.05, 0.1) is 5.56 Å². The van der Waals surface area contributed by atoms with Crippen LogP contribution in [0.1, 0.15) is 29.3 Å². The number of aryl methyl sites for hydroxylation is 1. The van der Waals surface area contributed by atoms with Gasteiger partial charge in [0, 0.05) is 12.3 Å². The second kappa shape index (κ2) is 4.59. The second-order valence-corrected chi connectivity index (χ2v) is 5.33. The Morgan fingerprint density at radius 3 is 2.91 bits per heavy atom. The molecule has 2 aliphatic rings. The summed E-state index contributed by atoms with van der Waals surface area (Å²) in [5, 5.41) is 2.67. The molecule has 1 aromatic heterocycles. The fraction of sp³-hybridized carbons (Fsp3) is 0.267. The van der Waals surface area contributed by atoms with E-state index >= 15 is 0 Å². The third-order valence-corrected chi connectivity index (χ3v) is 3.87. The number of anilines is 1. The Kier molecular flexibility index (Phi) is 2.69. The molecule has 4 rings (SSSR count). The van der Waals surface area contributed by atoms with Crippen molar-refractivity contribution in [1.29, 1.82) is 0 Å². The van der Waals surface area contributed by atoms with Crippen molar-refractivity contribution in [3.8, 4) is 11.5 Å². The van der Waals surface area contributed by atoms with Crippen molar-refractivity contribution < 1.29 is 14.3 Å². The number of nitrogens with one attached hydrogen (secondary N) is 2. The highest BCUT2D eigenvalue weighted by Crippen LogP contribution is 2.39. The molecular weight excluding hydrogens is 286 g/mol. The number of H-pyrrole nitrogens is 1. The number of hydrogen-bond acceptors (Lipinski definition) is 5. The zero-order valence-corrected chi connectivity index (χ0v) is 11.8. The number of amides is 1. The van der Waals surface area contributed by atoms with Crippen LogP contribution < -0.4 is 20.3 Å². The zero-order valence-electron chi connectivity index (χ0n) is 11.8. The van der Waals surface area contributed by atoms with Gasteiger partial charge in [-0.05, 0) is 24.6 Å². The molecule has 0 spiro atoms. The van der Waals surface area contributed by atoms with Crippen LogP contribution in [0.15, 0.2) is 23.0 Å². The van der Waals surface area contributed by atoms with Gasteiger partial charge in [-0.15, -0.1) is 0 Å². The van der Waals surface area contributed by atoms with E-state index in [2.05, 4.69) is 15.3 Å². The summed E-state index contributed by atoms with van der Waals surface area (Å²) in [6.07, 6.45) is 0.195. The molecule has 2 aliphatic heterocycles. The summed E-state index contributed by atoms with van der Waals surface area (Å²) < 4.78 is 10.7. The Balaban J connectivity index is 1.87. The van der Waals surface area contributed by atoms with Gasteiger partial charge in [0.1, 0.15) is 11.6 Å². The molecule has 7 heteroatoms. The molecule has 3 heterocycles. The Labute approximate surface area is 125 Å². The van der Waals surface area contributed by atoms with Crippen LogP contribution in [0, 0.1) is 6.92 Å². The molecule has 112 valence electrons. The topological polar surface area (TPSA) is 93.3 Å². The minimum atomic E-state index is -0.352. The van der Waals surface area contributed by atoms with Gasteiger partial charge in [-0.3, -0.25) is 9.59 Å². The average Bonchev–Trinajstić information content (AvgIpc) is 2.92. The predicted octanol–water partition coefficient (Wildman–Crippen LogP) is 1.28. The highest BCUT2D eigenvalue weighted by molar-refractivity contribution is 5.94. The summed E-state index contributed by atoms with van der Waals surface area (Å²) in [5.74, 6) is 1.58. The first-order chi connectivity index (χ1) is 10.6. The molecule has 1 amide bonds. The second-order valence-electron chi connectivity index (χ2n) is 5.33. The predicted molar refractivity (Wildman–Crippen MR) is 77.2 cm³/mol. The third kappa shape index (κ3) is 1.93.